The second-order valence-corrected chi connectivity index (χ2v) is 2.65. The molecule has 4 radical (unpaired) electrons. The van der Waals surface area contributed by atoms with E-state index < -0.39 is 0 Å². The van der Waals surface area contributed by atoms with E-state index in [0.717, 1.165) is 5.52 Å². The van der Waals surface area contributed by atoms with Crippen molar-refractivity contribution < 1.29 is 131 Å². The van der Waals surface area contributed by atoms with E-state index in [1.54, 1.807) is 0 Å². The molecule has 0 aliphatic rings. The Hall–Kier alpha value is 3.05. The fraction of sp³-hybridized carbons (Fsp3) is 0.609. The Morgan fingerprint density at radius 3 is 1.18 bits per heavy atom. The van der Waals surface area contributed by atoms with E-state index in [-0.39, 0.29) is 138 Å². The maximum Gasteiger partial charge on any atom is 0.0731 e. The van der Waals surface area contributed by atoms with E-state index >= 15 is 0 Å². The van der Waals surface area contributed by atoms with Crippen molar-refractivity contribution in [3.63, 3.8) is 0 Å². The fourth-order valence-electron chi connectivity index (χ4n) is 1.26. The van der Waals surface area contributed by atoms with Crippen molar-refractivity contribution in [2.75, 3.05) is 0 Å². The van der Waals surface area contributed by atoms with Gasteiger partial charge >= 0.3 is 0 Å². The van der Waals surface area contributed by atoms with Gasteiger partial charge in [0, 0.05) is 142 Å². The maximum absolute atomic E-state index is 4.28. The van der Waals surface area contributed by atoms with Crippen LogP contribution in [0.3, 0.4) is 0 Å². The third-order valence-electron chi connectivity index (χ3n) is 1.83. The van der Waals surface area contributed by atoms with Crippen LogP contribution in [0.4, 0.5) is 0 Å². The first kappa shape index (κ1) is 63.3. The van der Waals surface area contributed by atoms with Crippen LogP contribution in [0.15, 0.2) is 36.5 Å². The Labute approximate surface area is 281 Å². The van der Waals surface area contributed by atoms with Crippen LogP contribution in [0, 0.1) is 6.92 Å². The van der Waals surface area contributed by atoms with Crippen LogP contribution < -0.4 is 0 Å². The fourth-order valence-corrected chi connectivity index (χ4v) is 1.26. The van der Waals surface area contributed by atoms with E-state index in [1.807, 2.05) is 95.3 Å². The van der Waals surface area contributed by atoms with Gasteiger partial charge in [-0.2, -0.15) is 0 Å². The molecule has 0 fully saturated rings. The second-order valence-electron chi connectivity index (χ2n) is 2.65. The first-order valence-corrected chi connectivity index (χ1v) is 9.68. The van der Waals surface area contributed by atoms with Crippen LogP contribution in [-0.4, -0.2) is 4.98 Å². The SMILES string of the molecule is C.CC.CC.CC.CC.CC.CC.Cc1cccc2cccnc12.[Y].[Y].[Y].[Y]. The van der Waals surface area contributed by atoms with Crippen molar-refractivity contribution in [2.24, 2.45) is 0 Å². The minimum Gasteiger partial charge on any atom is -0.256 e. The summed E-state index contributed by atoms with van der Waals surface area (Å²) in [5.41, 5.74) is 2.35. The molecule has 2 aromatic rings. The summed E-state index contributed by atoms with van der Waals surface area (Å²) >= 11 is 0. The number of hydrogen-bond donors (Lipinski definition) is 0. The predicted octanol–water partition coefficient (Wildman–Crippen LogP) is 9.33. The Balaban J connectivity index is -0.0000000211. The van der Waals surface area contributed by atoms with Crippen molar-refractivity contribution in [2.45, 2.75) is 97.4 Å². The number of aryl methyl sites for hydroxylation is 1. The number of pyridine rings is 1. The van der Waals surface area contributed by atoms with Crippen molar-refractivity contribution in [3.05, 3.63) is 42.1 Å². The van der Waals surface area contributed by atoms with E-state index in [9.17, 15) is 0 Å². The van der Waals surface area contributed by atoms with Gasteiger partial charge in [0.2, 0.25) is 0 Å². The van der Waals surface area contributed by atoms with E-state index in [0.29, 0.717) is 0 Å². The van der Waals surface area contributed by atoms with Gasteiger partial charge in [-0.05, 0) is 18.6 Å². The molecule has 0 aliphatic heterocycles. The zero-order valence-electron chi connectivity index (χ0n) is 20.7. The quantitative estimate of drug-likeness (QED) is 0.268. The molecule has 0 spiro atoms. The number of hydrogen-bond acceptors (Lipinski definition) is 1. The molecule has 1 aromatic heterocycles. The van der Waals surface area contributed by atoms with Crippen LogP contribution in [-0.2, 0) is 131 Å². The van der Waals surface area contributed by atoms with Crippen molar-refractivity contribution in [1.82, 2.24) is 4.98 Å². The van der Waals surface area contributed by atoms with Crippen LogP contribution in [0.1, 0.15) is 96.1 Å². The molecule has 0 N–H and O–H groups in total. The molecule has 1 aromatic carbocycles. The summed E-state index contributed by atoms with van der Waals surface area (Å²) in [5, 5.41) is 1.22. The van der Waals surface area contributed by atoms with Gasteiger partial charge in [0.25, 0.3) is 0 Å². The molecule has 5 heteroatoms. The largest absolute Gasteiger partial charge is 0.256 e. The molecule has 28 heavy (non-hydrogen) atoms. The number of aromatic nitrogens is 1. The summed E-state index contributed by atoms with van der Waals surface area (Å²) in [7, 11) is 0. The summed E-state index contributed by atoms with van der Waals surface area (Å²) in [4.78, 5) is 4.28. The van der Waals surface area contributed by atoms with E-state index in [2.05, 4.69) is 36.2 Å². The van der Waals surface area contributed by atoms with Gasteiger partial charge in [-0.15, -0.1) is 0 Å². The van der Waals surface area contributed by atoms with Gasteiger partial charge in [0.1, 0.15) is 0 Å². The van der Waals surface area contributed by atoms with E-state index in [1.165, 1.54) is 10.9 Å². The first-order chi connectivity index (χ1) is 11.4. The molecule has 0 atom stereocenters. The van der Waals surface area contributed by atoms with Crippen molar-refractivity contribution >= 4 is 10.9 Å². The maximum atomic E-state index is 4.28. The number of nitrogens with zero attached hydrogens (tertiary/aromatic N) is 1. The minimum absolute atomic E-state index is 0. The monoisotopic (exact) mass is 695 g/mol. The molecule has 2 rings (SSSR count). The van der Waals surface area contributed by atoms with Crippen molar-refractivity contribution in [3.8, 4) is 0 Å². The van der Waals surface area contributed by atoms with Crippen LogP contribution in [0.25, 0.3) is 10.9 Å². The summed E-state index contributed by atoms with van der Waals surface area (Å²) in [6, 6.07) is 10.3. The van der Waals surface area contributed by atoms with Gasteiger partial charge in [-0.1, -0.05) is 115 Å². The molecule has 158 valence electrons. The molecule has 0 bridgehead atoms. The summed E-state index contributed by atoms with van der Waals surface area (Å²) in [6.45, 7) is 26.1. The zero-order valence-corrected chi connectivity index (χ0v) is 32.1. The molecule has 1 heterocycles. The molecule has 0 aliphatic carbocycles. The van der Waals surface area contributed by atoms with Crippen LogP contribution in [0.5, 0.6) is 0 Å². The molecule has 0 amide bonds. The zero-order chi connectivity index (χ0) is 19.7. The average molecular weight is 695 g/mol. The Morgan fingerprint density at radius 1 is 0.536 bits per heavy atom. The average Bonchev–Trinajstić information content (AvgIpc) is 2.72. The number of fused-ring (bicyclic) bond motifs is 1. The smallest absolute Gasteiger partial charge is 0.0731 e. The third-order valence-corrected chi connectivity index (χ3v) is 1.83. The van der Waals surface area contributed by atoms with Gasteiger partial charge < -0.3 is 0 Å². The normalized spacial score (nSPS) is 5.32. The second kappa shape index (κ2) is 69.9. The first-order valence-electron chi connectivity index (χ1n) is 9.68. The molecular weight excluding hydrogens is 646 g/mol. The number of rotatable bonds is 0. The molecular formula is C23H49NY4. The number of para-hydroxylation sites is 1. The van der Waals surface area contributed by atoms with Crippen LogP contribution >= 0.6 is 0 Å². The number of benzene rings is 1. The molecule has 0 saturated carbocycles. The molecule has 1 nitrogen and oxygen atoms in total. The minimum atomic E-state index is 0. The summed E-state index contributed by atoms with van der Waals surface area (Å²) in [6.07, 6.45) is 1.83. The van der Waals surface area contributed by atoms with Crippen LogP contribution in [0.2, 0.25) is 0 Å². The Morgan fingerprint density at radius 2 is 0.857 bits per heavy atom. The van der Waals surface area contributed by atoms with E-state index in [4.69, 9.17) is 0 Å². The summed E-state index contributed by atoms with van der Waals surface area (Å²) in [5.74, 6) is 0. The van der Waals surface area contributed by atoms with Crippen molar-refractivity contribution in [1.29, 1.82) is 0 Å². The Kier molecular flexibility index (Phi) is 158. The molecule has 0 saturated heterocycles. The third kappa shape index (κ3) is 39.5. The predicted molar refractivity (Wildman–Crippen MR) is 121 cm³/mol. The van der Waals surface area contributed by atoms with Gasteiger partial charge in [-0.25, -0.2) is 0 Å². The summed E-state index contributed by atoms with van der Waals surface area (Å²) < 4.78 is 0. The standard InChI is InChI=1S/C10H9N.6C2H6.CH4.4Y/c1-8-4-2-5-9-6-3-7-11-10(8)9;6*1-2;;;;;/h2-7H,1H3;6*1-2H3;1H4;;;;. The van der Waals surface area contributed by atoms with Gasteiger partial charge in [0.15, 0.2) is 0 Å². The van der Waals surface area contributed by atoms with Gasteiger partial charge in [-0.3, -0.25) is 4.98 Å². The van der Waals surface area contributed by atoms with Gasteiger partial charge in [0.05, 0.1) is 5.52 Å². The molecule has 0 unspecified atom stereocenters. The Bertz CT molecular complexity index is 392. The topological polar surface area (TPSA) is 12.9 Å².